The van der Waals surface area contributed by atoms with Crippen LogP contribution in [0.3, 0.4) is 0 Å². The second-order valence-corrected chi connectivity index (χ2v) is 20.6. The van der Waals surface area contributed by atoms with Crippen molar-refractivity contribution in [3.8, 4) is 0 Å². The van der Waals surface area contributed by atoms with E-state index in [2.05, 4.69) is 81.5 Å². The second kappa shape index (κ2) is 60.4. The fraction of sp³-hybridized carbons (Fsp3) is 0.773. The first-order chi connectivity index (χ1) is 35.5. The first-order valence-electron chi connectivity index (χ1n) is 30.9. The number of ether oxygens (including phenoxy) is 3. The third kappa shape index (κ3) is 57.7. The van der Waals surface area contributed by atoms with E-state index in [4.69, 9.17) is 14.2 Å². The van der Waals surface area contributed by atoms with Gasteiger partial charge < -0.3 is 14.2 Å². The highest BCUT2D eigenvalue weighted by atomic mass is 16.6. The predicted octanol–water partition coefficient (Wildman–Crippen LogP) is 20.9. The molecule has 416 valence electrons. The lowest BCUT2D eigenvalue weighted by atomic mass is 10.0. The van der Waals surface area contributed by atoms with E-state index >= 15 is 0 Å². The van der Waals surface area contributed by atoms with Gasteiger partial charge >= 0.3 is 17.9 Å². The van der Waals surface area contributed by atoms with E-state index in [1.165, 1.54) is 186 Å². The monoisotopic (exact) mass is 1000 g/mol. The molecule has 0 N–H and O–H groups in total. The van der Waals surface area contributed by atoms with E-state index in [1.807, 2.05) is 6.08 Å². The van der Waals surface area contributed by atoms with E-state index in [-0.39, 0.29) is 31.6 Å². The molecule has 0 amide bonds. The van der Waals surface area contributed by atoms with Crippen LogP contribution < -0.4 is 0 Å². The zero-order valence-corrected chi connectivity index (χ0v) is 47.7. The van der Waals surface area contributed by atoms with Crippen LogP contribution in [0.4, 0.5) is 0 Å². The van der Waals surface area contributed by atoms with E-state index in [0.717, 1.165) is 83.5 Å². The highest BCUT2D eigenvalue weighted by Crippen LogP contribution is 2.17. The smallest absolute Gasteiger partial charge is 0.310 e. The van der Waals surface area contributed by atoms with Gasteiger partial charge in [0.05, 0.1) is 6.42 Å². The Morgan fingerprint density at radius 3 is 0.944 bits per heavy atom. The zero-order chi connectivity index (χ0) is 52.2. The molecule has 0 aliphatic rings. The summed E-state index contributed by atoms with van der Waals surface area (Å²) in [5, 5.41) is 0. The van der Waals surface area contributed by atoms with Crippen molar-refractivity contribution in [2.45, 2.75) is 316 Å². The van der Waals surface area contributed by atoms with Crippen LogP contribution >= 0.6 is 0 Å². The van der Waals surface area contributed by atoms with Crippen molar-refractivity contribution in [3.05, 3.63) is 72.9 Å². The van der Waals surface area contributed by atoms with E-state index in [1.54, 1.807) is 6.08 Å². The Hall–Kier alpha value is -3.15. The van der Waals surface area contributed by atoms with Crippen molar-refractivity contribution < 1.29 is 28.6 Å². The molecule has 0 bridgehead atoms. The molecule has 0 fully saturated rings. The van der Waals surface area contributed by atoms with E-state index in [0.29, 0.717) is 12.8 Å². The number of esters is 3. The van der Waals surface area contributed by atoms with Gasteiger partial charge in [-0.3, -0.25) is 14.4 Å². The third-order valence-electron chi connectivity index (χ3n) is 13.5. The molecule has 6 heteroatoms. The van der Waals surface area contributed by atoms with Crippen LogP contribution in [-0.2, 0) is 28.6 Å². The van der Waals surface area contributed by atoms with Crippen molar-refractivity contribution in [2.75, 3.05) is 13.2 Å². The Bertz CT molecular complexity index is 1340. The van der Waals surface area contributed by atoms with Crippen LogP contribution in [0.25, 0.3) is 0 Å². The molecule has 0 radical (unpaired) electrons. The minimum absolute atomic E-state index is 0.0973. The predicted molar refractivity (Wildman–Crippen MR) is 311 cm³/mol. The molecule has 6 nitrogen and oxygen atoms in total. The first kappa shape index (κ1) is 68.8. The SMILES string of the molecule is CC/C=C\C/C=C\C/C=C\C/C=C\C/C=C\CC(=O)OC(COC(=O)CCCCCCC/C=C\CCCC)COC(=O)CCCCCCCCCCCCCCCCCCCCCCCCCCCCCC. The zero-order valence-electron chi connectivity index (χ0n) is 47.7. The Kier molecular flexibility index (Phi) is 57.8. The van der Waals surface area contributed by atoms with Gasteiger partial charge in [0, 0.05) is 12.8 Å². The van der Waals surface area contributed by atoms with Crippen molar-refractivity contribution in [3.63, 3.8) is 0 Å². The van der Waals surface area contributed by atoms with Gasteiger partial charge in [0.25, 0.3) is 0 Å². The number of unbranched alkanes of at least 4 members (excludes halogenated alkanes) is 34. The third-order valence-corrected chi connectivity index (χ3v) is 13.5. The molecule has 0 aromatic heterocycles. The average Bonchev–Trinajstić information content (AvgIpc) is 3.38. The standard InChI is InChI=1S/C66H116O6/c1-4-7-10-13-16-19-22-24-26-27-28-29-30-31-32-33-34-35-36-37-38-40-41-44-47-50-53-56-59-65(68)71-62-63(61-70-64(67)58-55-52-49-46-43-21-18-15-12-9-6-3)72-66(69)60-57-54-51-48-45-42-39-25-23-20-17-14-11-8-5-2/h8,11,15,17-18,20,25,39,45,48,54,57,63H,4-7,9-10,12-14,16,19,21-24,26-38,40-44,46-47,49-53,55-56,58-62H2,1-3H3/b11-8-,18-15-,20-17-,39-25-,48-45-,57-54-. The number of carbonyl (C=O) groups is 3. The minimum atomic E-state index is -0.831. The molecule has 72 heavy (non-hydrogen) atoms. The number of hydrogen-bond acceptors (Lipinski definition) is 6. The number of carbonyl (C=O) groups excluding carboxylic acids is 3. The molecule has 0 aliphatic carbocycles. The molecule has 0 aromatic rings. The quantitative estimate of drug-likeness (QED) is 0.0261. The summed E-state index contributed by atoms with van der Waals surface area (Å²) >= 11 is 0. The summed E-state index contributed by atoms with van der Waals surface area (Å²) in [6.45, 7) is 6.43. The Morgan fingerprint density at radius 2 is 0.597 bits per heavy atom. The molecule has 0 heterocycles. The van der Waals surface area contributed by atoms with Gasteiger partial charge in [0.15, 0.2) is 6.10 Å². The lowest BCUT2D eigenvalue weighted by Crippen LogP contribution is -2.30. The maximum absolute atomic E-state index is 12.8. The van der Waals surface area contributed by atoms with Crippen LogP contribution in [0.2, 0.25) is 0 Å². The average molecular weight is 1010 g/mol. The van der Waals surface area contributed by atoms with Crippen LogP contribution in [0.15, 0.2) is 72.9 Å². The van der Waals surface area contributed by atoms with Crippen LogP contribution in [0.5, 0.6) is 0 Å². The highest BCUT2D eigenvalue weighted by molar-refractivity contribution is 5.72. The molecule has 0 aliphatic heterocycles. The molecule has 0 aromatic carbocycles. The van der Waals surface area contributed by atoms with Crippen molar-refractivity contribution in [2.24, 2.45) is 0 Å². The fourth-order valence-electron chi connectivity index (χ4n) is 8.85. The van der Waals surface area contributed by atoms with Gasteiger partial charge in [-0.15, -0.1) is 0 Å². The van der Waals surface area contributed by atoms with Crippen molar-refractivity contribution in [1.82, 2.24) is 0 Å². The molecule has 0 spiro atoms. The van der Waals surface area contributed by atoms with Crippen LogP contribution in [-0.4, -0.2) is 37.2 Å². The summed E-state index contributed by atoms with van der Waals surface area (Å²) in [4.78, 5) is 38.0. The Morgan fingerprint density at radius 1 is 0.306 bits per heavy atom. The molecule has 1 atom stereocenters. The van der Waals surface area contributed by atoms with Crippen LogP contribution in [0, 0.1) is 0 Å². The normalized spacial score (nSPS) is 12.5. The molecule has 0 saturated carbocycles. The Balaban J connectivity index is 4.21. The van der Waals surface area contributed by atoms with Gasteiger partial charge in [-0.1, -0.05) is 299 Å². The summed E-state index contributed by atoms with van der Waals surface area (Å²) in [7, 11) is 0. The highest BCUT2D eigenvalue weighted by Gasteiger charge is 2.19. The molecule has 0 rings (SSSR count). The topological polar surface area (TPSA) is 78.9 Å². The number of rotatable bonds is 56. The minimum Gasteiger partial charge on any atom is -0.462 e. The fourth-order valence-corrected chi connectivity index (χ4v) is 8.85. The van der Waals surface area contributed by atoms with Crippen molar-refractivity contribution >= 4 is 17.9 Å². The van der Waals surface area contributed by atoms with E-state index in [9.17, 15) is 14.4 Å². The van der Waals surface area contributed by atoms with E-state index < -0.39 is 12.1 Å². The van der Waals surface area contributed by atoms with Gasteiger partial charge in [-0.2, -0.15) is 0 Å². The van der Waals surface area contributed by atoms with Crippen molar-refractivity contribution in [1.29, 1.82) is 0 Å². The molecular weight excluding hydrogens is 889 g/mol. The summed E-state index contributed by atoms with van der Waals surface area (Å²) in [5.41, 5.74) is 0. The number of hydrogen-bond donors (Lipinski definition) is 0. The van der Waals surface area contributed by atoms with Gasteiger partial charge in [-0.05, 0) is 64.2 Å². The largest absolute Gasteiger partial charge is 0.462 e. The lowest BCUT2D eigenvalue weighted by Gasteiger charge is -2.18. The summed E-state index contributed by atoms with van der Waals surface area (Å²) in [6.07, 6.45) is 78.2. The maximum Gasteiger partial charge on any atom is 0.310 e. The summed E-state index contributed by atoms with van der Waals surface area (Å²) in [5.74, 6) is -1.05. The molecule has 0 saturated heterocycles. The maximum atomic E-state index is 12.8. The second-order valence-electron chi connectivity index (χ2n) is 20.6. The number of allylic oxidation sites excluding steroid dienone is 11. The van der Waals surface area contributed by atoms with Gasteiger partial charge in [0.1, 0.15) is 13.2 Å². The summed E-state index contributed by atoms with van der Waals surface area (Å²) in [6, 6.07) is 0. The molecule has 1 unspecified atom stereocenters. The lowest BCUT2D eigenvalue weighted by molar-refractivity contribution is -0.166. The summed E-state index contributed by atoms with van der Waals surface area (Å²) < 4.78 is 16.7. The first-order valence-corrected chi connectivity index (χ1v) is 30.9. The van der Waals surface area contributed by atoms with Gasteiger partial charge in [-0.25, -0.2) is 0 Å². The molecular formula is C66H116O6. The van der Waals surface area contributed by atoms with Gasteiger partial charge in [0.2, 0.25) is 0 Å². The Labute approximate surface area is 446 Å². The van der Waals surface area contributed by atoms with Crippen LogP contribution in [0.1, 0.15) is 310 Å².